The molecule has 0 fully saturated rings. The van der Waals surface area contributed by atoms with Gasteiger partial charge in [0.2, 0.25) is 0 Å². The lowest BCUT2D eigenvalue weighted by Crippen LogP contribution is -2.22. The summed E-state index contributed by atoms with van der Waals surface area (Å²) in [6.07, 6.45) is 0. The van der Waals surface area contributed by atoms with Crippen molar-refractivity contribution in [3.05, 3.63) is 40.7 Å². The Morgan fingerprint density at radius 2 is 2.20 bits per heavy atom. The molecule has 0 saturated carbocycles. The van der Waals surface area contributed by atoms with Crippen LogP contribution >= 0.6 is 11.3 Å². The number of carbonyl (C=O) groups excluding carboxylic acids is 1. The highest BCUT2D eigenvalue weighted by Crippen LogP contribution is 2.22. The Balaban J connectivity index is 2.16. The standard InChI is InChI=1S/C14H17N3O2S/c1-4-17(8-11-7-5-6-10(2)15-11)14-16-12(9-20-14)13(18)19-3/h5-7,9H,4,8H2,1-3H3. The van der Waals surface area contributed by atoms with E-state index in [1.165, 1.54) is 18.4 Å². The van der Waals surface area contributed by atoms with E-state index in [1.54, 1.807) is 5.38 Å². The average Bonchev–Trinajstić information content (AvgIpc) is 2.93. The number of aromatic nitrogens is 2. The fraction of sp³-hybridized carbons (Fsp3) is 0.357. The molecule has 2 rings (SSSR count). The minimum Gasteiger partial charge on any atom is -0.464 e. The Kier molecular flexibility index (Phi) is 4.68. The van der Waals surface area contributed by atoms with E-state index >= 15 is 0 Å². The van der Waals surface area contributed by atoms with Gasteiger partial charge in [0.25, 0.3) is 0 Å². The molecule has 0 aromatic carbocycles. The lowest BCUT2D eigenvalue weighted by Gasteiger charge is -2.19. The summed E-state index contributed by atoms with van der Waals surface area (Å²) in [7, 11) is 1.36. The molecule has 0 amide bonds. The first-order valence-corrected chi connectivity index (χ1v) is 7.23. The van der Waals surface area contributed by atoms with Crippen molar-refractivity contribution < 1.29 is 9.53 Å². The first-order valence-electron chi connectivity index (χ1n) is 6.35. The smallest absolute Gasteiger partial charge is 0.357 e. The van der Waals surface area contributed by atoms with Gasteiger partial charge < -0.3 is 9.64 Å². The van der Waals surface area contributed by atoms with Crippen molar-refractivity contribution in [1.82, 2.24) is 9.97 Å². The van der Waals surface area contributed by atoms with Gasteiger partial charge in [-0.2, -0.15) is 0 Å². The number of hydrogen-bond acceptors (Lipinski definition) is 6. The third-order valence-corrected chi connectivity index (χ3v) is 3.74. The van der Waals surface area contributed by atoms with Crippen LogP contribution in [-0.2, 0) is 11.3 Å². The summed E-state index contributed by atoms with van der Waals surface area (Å²) < 4.78 is 4.67. The Hall–Kier alpha value is -1.95. The highest BCUT2D eigenvalue weighted by Gasteiger charge is 2.15. The Labute approximate surface area is 122 Å². The second-order valence-electron chi connectivity index (χ2n) is 4.29. The molecular weight excluding hydrogens is 274 g/mol. The second kappa shape index (κ2) is 6.47. The van der Waals surface area contributed by atoms with Gasteiger partial charge in [-0.25, -0.2) is 9.78 Å². The van der Waals surface area contributed by atoms with Gasteiger partial charge in [-0.3, -0.25) is 4.98 Å². The number of methoxy groups -OCH3 is 1. The van der Waals surface area contributed by atoms with E-state index in [-0.39, 0.29) is 0 Å². The normalized spacial score (nSPS) is 10.3. The zero-order chi connectivity index (χ0) is 14.5. The van der Waals surface area contributed by atoms with Gasteiger partial charge in [-0.05, 0) is 26.0 Å². The SMILES string of the molecule is CCN(Cc1cccc(C)n1)c1nc(C(=O)OC)cs1. The third-order valence-electron chi connectivity index (χ3n) is 2.84. The number of rotatable bonds is 5. The summed E-state index contributed by atoms with van der Waals surface area (Å²) in [6.45, 7) is 5.49. The molecule has 2 aromatic heterocycles. The second-order valence-corrected chi connectivity index (χ2v) is 5.13. The van der Waals surface area contributed by atoms with Gasteiger partial charge in [0.15, 0.2) is 10.8 Å². The molecule has 0 bridgehead atoms. The van der Waals surface area contributed by atoms with E-state index in [0.717, 1.165) is 23.1 Å². The van der Waals surface area contributed by atoms with Crippen LogP contribution in [0.3, 0.4) is 0 Å². The number of hydrogen-bond donors (Lipinski definition) is 0. The Bertz CT molecular complexity index is 598. The molecule has 106 valence electrons. The van der Waals surface area contributed by atoms with Crippen molar-refractivity contribution in [2.45, 2.75) is 20.4 Å². The van der Waals surface area contributed by atoms with Gasteiger partial charge in [-0.15, -0.1) is 11.3 Å². The number of pyridine rings is 1. The minimum absolute atomic E-state index is 0.350. The van der Waals surface area contributed by atoms with Crippen molar-refractivity contribution in [2.24, 2.45) is 0 Å². The van der Waals surface area contributed by atoms with E-state index in [1.807, 2.05) is 25.1 Å². The van der Waals surface area contributed by atoms with Crippen LogP contribution in [-0.4, -0.2) is 29.6 Å². The van der Waals surface area contributed by atoms with Crippen LogP contribution in [0.15, 0.2) is 23.6 Å². The van der Waals surface area contributed by atoms with Crippen LogP contribution in [0, 0.1) is 6.92 Å². The first kappa shape index (κ1) is 14.5. The monoisotopic (exact) mass is 291 g/mol. The summed E-state index contributed by atoms with van der Waals surface area (Å²) in [5, 5.41) is 2.52. The number of thiazole rings is 1. The molecule has 0 aliphatic rings. The van der Waals surface area contributed by atoms with Crippen molar-refractivity contribution in [3.8, 4) is 0 Å². The van der Waals surface area contributed by atoms with E-state index < -0.39 is 5.97 Å². The van der Waals surface area contributed by atoms with Crippen LogP contribution in [0.1, 0.15) is 28.8 Å². The molecule has 0 aliphatic carbocycles. The predicted octanol–water partition coefficient (Wildman–Crippen LogP) is 2.66. The van der Waals surface area contributed by atoms with Gasteiger partial charge in [0, 0.05) is 17.6 Å². The van der Waals surface area contributed by atoms with Gasteiger partial charge in [0.05, 0.1) is 19.3 Å². The van der Waals surface area contributed by atoms with Crippen LogP contribution < -0.4 is 4.90 Å². The quantitative estimate of drug-likeness (QED) is 0.793. The van der Waals surface area contributed by atoms with Crippen LogP contribution in [0.25, 0.3) is 0 Å². The van der Waals surface area contributed by atoms with Crippen LogP contribution in [0.2, 0.25) is 0 Å². The minimum atomic E-state index is -0.405. The van der Waals surface area contributed by atoms with Gasteiger partial charge in [-0.1, -0.05) is 6.07 Å². The summed E-state index contributed by atoms with van der Waals surface area (Å²) in [5.41, 5.74) is 2.33. The van der Waals surface area contributed by atoms with E-state index in [9.17, 15) is 4.79 Å². The van der Waals surface area contributed by atoms with Gasteiger partial charge in [0.1, 0.15) is 0 Å². The third kappa shape index (κ3) is 3.33. The molecule has 0 radical (unpaired) electrons. The fourth-order valence-corrected chi connectivity index (χ4v) is 2.67. The van der Waals surface area contributed by atoms with E-state index in [0.29, 0.717) is 12.2 Å². The number of ether oxygens (including phenoxy) is 1. The molecule has 0 unspecified atom stereocenters. The van der Waals surface area contributed by atoms with Crippen molar-refractivity contribution in [3.63, 3.8) is 0 Å². The maximum atomic E-state index is 11.4. The molecule has 0 aliphatic heterocycles. The summed E-state index contributed by atoms with van der Waals surface area (Å²) in [6, 6.07) is 5.95. The number of aryl methyl sites for hydroxylation is 1. The molecule has 2 aromatic rings. The molecule has 0 saturated heterocycles. The van der Waals surface area contributed by atoms with E-state index in [2.05, 4.69) is 26.5 Å². The fourth-order valence-electron chi connectivity index (χ4n) is 1.81. The Morgan fingerprint density at radius 1 is 1.40 bits per heavy atom. The maximum Gasteiger partial charge on any atom is 0.357 e. The number of carbonyl (C=O) groups is 1. The molecule has 0 atom stereocenters. The van der Waals surface area contributed by atoms with Crippen molar-refractivity contribution in [2.75, 3.05) is 18.6 Å². The number of nitrogens with zero attached hydrogens (tertiary/aromatic N) is 3. The van der Waals surface area contributed by atoms with Gasteiger partial charge >= 0.3 is 5.97 Å². The molecule has 0 spiro atoms. The lowest BCUT2D eigenvalue weighted by molar-refractivity contribution is 0.0595. The maximum absolute atomic E-state index is 11.4. The zero-order valence-corrected chi connectivity index (χ0v) is 12.6. The molecule has 2 heterocycles. The summed E-state index contributed by atoms with van der Waals surface area (Å²) in [4.78, 5) is 22.3. The van der Waals surface area contributed by atoms with Crippen LogP contribution in [0.4, 0.5) is 5.13 Å². The average molecular weight is 291 g/mol. The van der Waals surface area contributed by atoms with Crippen molar-refractivity contribution >= 4 is 22.4 Å². The molecular formula is C14H17N3O2S. The molecule has 20 heavy (non-hydrogen) atoms. The number of anilines is 1. The first-order chi connectivity index (χ1) is 9.63. The predicted molar refractivity (Wildman–Crippen MR) is 79.2 cm³/mol. The summed E-state index contributed by atoms with van der Waals surface area (Å²) >= 11 is 1.44. The molecule has 5 nitrogen and oxygen atoms in total. The highest BCUT2D eigenvalue weighted by atomic mass is 32.1. The zero-order valence-electron chi connectivity index (χ0n) is 11.8. The largest absolute Gasteiger partial charge is 0.464 e. The lowest BCUT2D eigenvalue weighted by atomic mass is 10.3. The Morgan fingerprint density at radius 3 is 2.85 bits per heavy atom. The highest BCUT2D eigenvalue weighted by molar-refractivity contribution is 7.13. The van der Waals surface area contributed by atoms with E-state index in [4.69, 9.17) is 0 Å². The molecule has 0 N–H and O–H groups in total. The number of esters is 1. The summed E-state index contributed by atoms with van der Waals surface area (Å²) in [5.74, 6) is -0.405. The topological polar surface area (TPSA) is 55.3 Å². The van der Waals surface area contributed by atoms with Crippen molar-refractivity contribution in [1.29, 1.82) is 0 Å². The molecule has 6 heteroatoms. The van der Waals surface area contributed by atoms with Crippen LogP contribution in [0.5, 0.6) is 0 Å².